The molecule has 88 valence electrons. The van der Waals surface area contributed by atoms with Crippen molar-refractivity contribution in [2.45, 2.75) is 44.8 Å². The van der Waals surface area contributed by atoms with Crippen molar-refractivity contribution >= 4 is 0 Å². The molecule has 2 N–H and O–H groups in total. The van der Waals surface area contributed by atoms with Crippen LogP contribution < -0.4 is 5.73 Å². The van der Waals surface area contributed by atoms with Gasteiger partial charge in [0, 0.05) is 30.9 Å². The lowest BCUT2D eigenvalue weighted by atomic mass is 9.96. The Balaban J connectivity index is 2.07. The fourth-order valence-electron chi connectivity index (χ4n) is 2.60. The van der Waals surface area contributed by atoms with Crippen LogP contribution in [0.4, 0.5) is 0 Å². The molecule has 1 aromatic rings. The number of nitrogens with zero attached hydrogens (tertiary/aromatic N) is 2. The summed E-state index contributed by atoms with van der Waals surface area (Å²) in [5.74, 6) is 0. The van der Waals surface area contributed by atoms with Crippen LogP contribution >= 0.6 is 0 Å². The van der Waals surface area contributed by atoms with E-state index in [0.29, 0.717) is 18.1 Å². The molecular formula is C13H21N3. The highest BCUT2D eigenvalue weighted by molar-refractivity contribution is 5.08. The van der Waals surface area contributed by atoms with E-state index < -0.39 is 0 Å². The number of pyridine rings is 1. The number of hydrogen-bond donors (Lipinski definition) is 1. The molecule has 1 saturated heterocycles. The summed E-state index contributed by atoms with van der Waals surface area (Å²) in [5.41, 5.74) is 7.14. The van der Waals surface area contributed by atoms with E-state index in [4.69, 9.17) is 5.73 Å². The predicted molar refractivity (Wildman–Crippen MR) is 66.0 cm³/mol. The van der Waals surface area contributed by atoms with Gasteiger partial charge in [-0.25, -0.2) is 0 Å². The van der Waals surface area contributed by atoms with Crippen LogP contribution in [0, 0.1) is 0 Å². The lowest BCUT2D eigenvalue weighted by molar-refractivity contribution is 0.102. The number of rotatable bonds is 2. The molecule has 0 saturated carbocycles. The fraction of sp³-hybridized carbons (Fsp3) is 0.615. The number of nitrogens with two attached hydrogens (primary N) is 1. The first-order chi connectivity index (χ1) is 7.68. The summed E-state index contributed by atoms with van der Waals surface area (Å²) in [6.07, 6.45) is 4.06. The van der Waals surface area contributed by atoms with Crippen molar-refractivity contribution in [3.05, 3.63) is 30.1 Å². The minimum Gasteiger partial charge on any atom is -0.328 e. The molecule has 0 amide bonds. The Hall–Kier alpha value is -0.930. The Morgan fingerprint density at radius 3 is 2.94 bits per heavy atom. The maximum atomic E-state index is 5.98. The van der Waals surface area contributed by atoms with Crippen molar-refractivity contribution in [3.63, 3.8) is 0 Å². The van der Waals surface area contributed by atoms with Crippen LogP contribution in [0.15, 0.2) is 24.4 Å². The molecule has 3 nitrogen and oxygen atoms in total. The third kappa shape index (κ3) is 2.42. The smallest absolute Gasteiger partial charge is 0.0572 e. The van der Waals surface area contributed by atoms with Crippen LogP contribution in [0.1, 0.15) is 38.4 Å². The third-order valence-electron chi connectivity index (χ3n) is 3.58. The standard InChI is InChI=1S/C13H21N3/c1-10-9-12(14)6-8-16(10)11(2)13-5-3-4-7-15-13/h3-5,7,10-12H,6,8-9,14H2,1-2H3. The molecule has 1 fully saturated rings. The summed E-state index contributed by atoms with van der Waals surface area (Å²) in [6, 6.07) is 7.45. The van der Waals surface area contributed by atoms with Crippen molar-refractivity contribution in [2.24, 2.45) is 5.73 Å². The molecule has 0 bridgehead atoms. The molecule has 1 aliphatic heterocycles. The molecule has 16 heavy (non-hydrogen) atoms. The van der Waals surface area contributed by atoms with Crippen LogP contribution in [-0.2, 0) is 0 Å². The summed E-state index contributed by atoms with van der Waals surface area (Å²) in [7, 11) is 0. The van der Waals surface area contributed by atoms with Crippen molar-refractivity contribution in [2.75, 3.05) is 6.54 Å². The van der Waals surface area contributed by atoms with Crippen molar-refractivity contribution in [1.29, 1.82) is 0 Å². The highest BCUT2D eigenvalue weighted by atomic mass is 15.2. The van der Waals surface area contributed by atoms with E-state index in [0.717, 1.165) is 25.1 Å². The average Bonchev–Trinajstić information content (AvgIpc) is 2.29. The molecular weight excluding hydrogens is 198 g/mol. The first-order valence-electron chi connectivity index (χ1n) is 6.10. The molecule has 2 rings (SSSR count). The van der Waals surface area contributed by atoms with Gasteiger partial charge in [0.15, 0.2) is 0 Å². The SMILES string of the molecule is CC1CC(N)CCN1C(C)c1ccccn1. The van der Waals surface area contributed by atoms with Crippen LogP contribution in [-0.4, -0.2) is 28.5 Å². The summed E-state index contributed by atoms with van der Waals surface area (Å²) < 4.78 is 0. The molecule has 0 spiro atoms. The van der Waals surface area contributed by atoms with E-state index in [1.165, 1.54) is 0 Å². The maximum absolute atomic E-state index is 5.98. The van der Waals surface area contributed by atoms with Crippen LogP contribution in [0.3, 0.4) is 0 Å². The lowest BCUT2D eigenvalue weighted by Gasteiger charge is -2.40. The molecule has 3 atom stereocenters. The number of aromatic nitrogens is 1. The van der Waals surface area contributed by atoms with E-state index in [1.54, 1.807) is 0 Å². The molecule has 2 heterocycles. The van der Waals surface area contributed by atoms with Gasteiger partial charge in [0.2, 0.25) is 0 Å². The first kappa shape index (κ1) is 11.6. The highest BCUT2D eigenvalue weighted by Crippen LogP contribution is 2.26. The second kappa shape index (κ2) is 4.93. The number of likely N-dealkylation sites (tertiary alicyclic amines) is 1. The Labute approximate surface area is 97.7 Å². The van der Waals surface area contributed by atoms with Gasteiger partial charge in [0.25, 0.3) is 0 Å². The molecule has 0 aromatic carbocycles. The van der Waals surface area contributed by atoms with Gasteiger partial charge in [-0.1, -0.05) is 6.07 Å². The Morgan fingerprint density at radius 1 is 1.50 bits per heavy atom. The van der Waals surface area contributed by atoms with Gasteiger partial charge in [-0.05, 0) is 38.8 Å². The molecule has 1 aliphatic rings. The quantitative estimate of drug-likeness (QED) is 0.826. The Morgan fingerprint density at radius 2 is 2.31 bits per heavy atom. The van der Waals surface area contributed by atoms with Gasteiger partial charge in [-0.3, -0.25) is 9.88 Å². The van der Waals surface area contributed by atoms with E-state index in [-0.39, 0.29) is 0 Å². The second-order valence-corrected chi connectivity index (χ2v) is 4.80. The van der Waals surface area contributed by atoms with Gasteiger partial charge < -0.3 is 5.73 Å². The normalized spacial score (nSPS) is 28.9. The Bertz CT molecular complexity index is 325. The topological polar surface area (TPSA) is 42.1 Å². The van der Waals surface area contributed by atoms with Crippen molar-refractivity contribution < 1.29 is 0 Å². The predicted octanol–water partition coefficient (Wildman–Crippen LogP) is 1.95. The van der Waals surface area contributed by atoms with Crippen molar-refractivity contribution in [1.82, 2.24) is 9.88 Å². The molecule has 0 aliphatic carbocycles. The summed E-state index contributed by atoms with van der Waals surface area (Å²) in [6.45, 7) is 5.58. The molecule has 0 radical (unpaired) electrons. The van der Waals surface area contributed by atoms with Gasteiger partial charge in [0.1, 0.15) is 0 Å². The van der Waals surface area contributed by atoms with Gasteiger partial charge in [-0.2, -0.15) is 0 Å². The minimum absolute atomic E-state index is 0.377. The van der Waals surface area contributed by atoms with E-state index in [2.05, 4.69) is 35.9 Å². The average molecular weight is 219 g/mol. The number of piperidine rings is 1. The zero-order valence-electron chi connectivity index (χ0n) is 10.1. The largest absolute Gasteiger partial charge is 0.328 e. The van der Waals surface area contributed by atoms with E-state index in [9.17, 15) is 0 Å². The van der Waals surface area contributed by atoms with Gasteiger partial charge >= 0.3 is 0 Å². The summed E-state index contributed by atoms with van der Waals surface area (Å²) in [5, 5.41) is 0. The van der Waals surface area contributed by atoms with E-state index in [1.807, 2.05) is 12.3 Å². The third-order valence-corrected chi connectivity index (χ3v) is 3.58. The zero-order valence-corrected chi connectivity index (χ0v) is 10.1. The summed E-state index contributed by atoms with van der Waals surface area (Å²) >= 11 is 0. The van der Waals surface area contributed by atoms with Crippen LogP contribution in [0.2, 0.25) is 0 Å². The van der Waals surface area contributed by atoms with E-state index >= 15 is 0 Å². The monoisotopic (exact) mass is 219 g/mol. The highest BCUT2D eigenvalue weighted by Gasteiger charge is 2.27. The fourth-order valence-corrected chi connectivity index (χ4v) is 2.60. The van der Waals surface area contributed by atoms with Gasteiger partial charge in [0.05, 0.1) is 5.69 Å². The summed E-state index contributed by atoms with van der Waals surface area (Å²) in [4.78, 5) is 6.94. The van der Waals surface area contributed by atoms with Crippen LogP contribution in [0.25, 0.3) is 0 Å². The number of hydrogen-bond acceptors (Lipinski definition) is 3. The minimum atomic E-state index is 0.377. The second-order valence-electron chi connectivity index (χ2n) is 4.80. The van der Waals surface area contributed by atoms with Crippen LogP contribution in [0.5, 0.6) is 0 Å². The molecule has 3 heteroatoms. The zero-order chi connectivity index (χ0) is 11.5. The molecule has 3 unspecified atom stereocenters. The first-order valence-corrected chi connectivity index (χ1v) is 6.10. The Kier molecular flexibility index (Phi) is 3.56. The molecule has 1 aromatic heterocycles. The van der Waals surface area contributed by atoms with Gasteiger partial charge in [-0.15, -0.1) is 0 Å². The lowest BCUT2D eigenvalue weighted by Crippen LogP contribution is -2.46. The van der Waals surface area contributed by atoms with Crippen molar-refractivity contribution in [3.8, 4) is 0 Å². The maximum Gasteiger partial charge on any atom is 0.0572 e.